The number of benzene rings is 2. The first-order chi connectivity index (χ1) is 15.4. The van der Waals surface area contributed by atoms with Crippen LogP contribution in [0.4, 0.5) is 5.69 Å². The van der Waals surface area contributed by atoms with Crippen molar-refractivity contribution < 1.29 is 18.0 Å². The quantitative estimate of drug-likeness (QED) is 0.546. The molecule has 0 aliphatic carbocycles. The molecule has 9 heteroatoms. The largest absolute Gasteiger partial charge is 0.352 e. The van der Waals surface area contributed by atoms with Gasteiger partial charge in [0.05, 0.1) is 11.9 Å². The molecule has 2 atom stereocenters. The number of carbonyl (C=O) groups is 2. The maximum absolute atomic E-state index is 13.5. The molecular formula is C24H32ClN3O4S. The molecule has 0 aliphatic heterocycles. The zero-order valence-corrected chi connectivity index (χ0v) is 21.3. The number of anilines is 1. The molecule has 0 aliphatic rings. The minimum absolute atomic E-state index is 0.0464. The van der Waals surface area contributed by atoms with Gasteiger partial charge < -0.3 is 10.2 Å². The van der Waals surface area contributed by atoms with Crippen LogP contribution in [0.1, 0.15) is 38.3 Å². The monoisotopic (exact) mass is 493 g/mol. The molecule has 1 N–H and O–H groups in total. The zero-order chi connectivity index (χ0) is 24.8. The number of sulfonamides is 1. The molecule has 0 heterocycles. The lowest BCUT2D eigenvalue weighted by Gasteiger charge is -2.32. The summed E-state index contributed by atoms with van der Waals surface area (Å²) in [5.41, 5.74) is 2.15. The smallest absolute Gasteiger partial charge is 0.244 e. The second kappa shape index (κ2) is 11.5. The summed E-state index contributed by atoms with van der Waals surface area (Å²) in [6.45, 7) is 7.16. The van der Waals surface area contributed by atoms with Crippen molar-refractivity contribution in [2.24, 2.45) is 0 Å². The van der Waals surface area contributed by atoms with Gasteiger partial charge in [-0.25, -0.2) is 8.42 Å². The van der Waals surface area contributed by atoms with Gasteiger partial charge in [0.2, 0.25) is 21.8 Å². The minimum atomic E-state index is -3.79. The van der Waals surface area contributed by atoms with E-state index in [4.69, 9.17) is 11.6 Å². The van der Waals surface area contributed by atoms with Crippen LogP contribution in [-0.4, -0.2) is 50.0 Å². The fourth-order valence-corrected chi connectivity index (χ4v) is 4.33. The average molecular weight is 494 g/mol. The van der Waals surface area contributed by atoms with Crippen molar-refractivity contribution >= 4 is 39.1 Å². The molecule has 0 radical (unpaired) electrons. The molecule has 0 saturated carbocycles. The summed E-state index contributed by atoms with van der Waals surface area (Å²) >= 11 is 6.04. The van der Waals surface area contributed by atoms with E-state index in [-0.39, 0.29) is 24.2 Å². The molecule has 2 aromatic carbocycles. The molecule has 180 valence electrons. The Morgan fingerprint density at radius 3 is 2.33 bits per heavy atom. The average Bonchev–Trinajstić information content (AvgIpc) is 2.74. The van der Waals surface area contributed by atoms with Gasteiger partial charge >= 0.3 is 0 Å². The van der Waals surface area contributed by atoms with Gasteiger partial charge in [-0.1, -0.05) is 54.4 Å². The van der Waals surface area contributed by atoms with Gasteiger partial charge in [-0.05, 0) is 51.0 Å². The van der Waals surface area contributed by atoms with Crippen molar-refractivity contribution in [1.82, 2.24) is 10.2 Å². The third kappa shape index (κ3) is 7.75. The molecule has 0 saturated heterocycles. The SMILES string of the molecule is CC[C@@H](C)NC(=O)[C@H](C)N(Cc1cccc(C)c1)C(=O)CN(c1cccc(Cl)c1)S(C)(=O)=O. The lowest BCUT2D eigenvalue weighted by atomic mass is 10.1. The number of rotatable bonds is 10. The first kappa shape index (κ1) is 26.7. The molecule has 0 bridgehead atoms. The number of halogens is 1. The lowest BCUT2D eigenvalue weighted by Crippen LogP contribution is -2.52. The standard InChI is InChI=1S/C24H32ClN3O4S/c1-6-18(3)26-24(30)19(4)27(15-20-10-7-9-17(2)13-20)23(29)16-28(33(5,31)32)22-12-8-11-21(25)14-22/h7-14,18-19H,6,15-16H2,1-5H3,(H,26,30)/t18-,19+/m1/s1. The second-order valence-electron chi connectivity index (χ2n) is 8.25. The molecule has 0 unspecified atom stereocenters. The van der Waals surface area contributed by atoms with Crippen LogP contribution in [0, 0.1) is 6.92 Å². The lowest BCUT2D eigenvalue weighted by molar-refractivity contribution is -0.139. The Hall–Kier alpha value is -2.58. The highest BCUT2D eigenvalue weighted by atomic mass is 35.5. The molecule has 7 nitrogen and oxygen atoms in total. The Morgan fingerprint density at radius 1 is 1.09 bits per heavy atom. The van der Waals surface area contributed by atoms with Gasteiger partial charge in [-0.15, -0.1) is 0 Å². The number of hydrogen-bond acceptors (Lipinski definition) is 4. The third-order valence-corrected chi connectivity index (χ3v) is 6.75. The van der Waals surface area contributed by atoms with Crippen LogP contribution in [0.15, 0.2) is 48.5 Å². The fraction of sp³-hybridized carbons (Fsp3) is 0.417. The van der Waals surface area contributed by atoms with Crippen molar-refractivity contribution in [3.8, 4) is 0 Å². The van der Waals surface area contributed by atoms with Crippen LogP contribution in [0.5, 0.6) is 0 Å². The van der Waals surface area contributed by atoms with E-state index in [1.165, 1.54) is 11.0 Å². The molecule has 2 aromatic rings. The van der Waals surface area contributed by atoms with E-state index < -0.39 is 28.5 Å². The summed E-state index contributed by atoms with van der Waals surface area (Å²) in [6, 6.07) is 13.1. The zero-order valence-electron chi connectivity index (χ0n) is 19.7. The third-order valence-electron chi connectivity index (χ3n) is 5.38. The normalized spacial score (nSPS) is 13.2. The molecular weight excluding hydrogens is 462 g/mol. The van der Waals surface area contributed by atoms with Gasteiger partial charge in [0.25, 0.3) is 0 Å². The van der Waals surface area contributed by atoms with Gasteiger partial charge in [-0.3, -0.25) is 13.9 Å². The highest BCUT2D eigenvalue weighted by Gasteiger charge is 2.30. The first-order valence-electron chi connectivity index (χ1n) is 10.8. The Kier molecular flexibility index (Phi) is 9.31. The van der Waals surface area contributed by atoms with Crippen molar-refractivity contribution in [3.63, 3.8) is 0 Å². The van der Waals surface area contributed by atoms with Gasteiger partial charge in [0.1, 0.15) is 12.6 Å². The summed E-state index contributed by atoms with van der Waals surface area (Å²) in [6.07, 6.45) is 1.78. The Labute approximate surface area is 201 Å². The fourth-order valence-electron chi connectivity index (χ4n) is 3.30. The number of hydrogen-bond donors (Lipinski definition) is 1. The maximum atomic E-state index is 13.5. The molecule has 2 rings (SSSR count). The summed E-state index contributed by atoms with van der Waals surface area (Å²) in [5.74, 6) is -0.785. The topological polar surface area (TPSA) is 86.8 Å². The minimum Gasteiger partial charge on any atom is -0.352 e. The maximum Gasteiger partial charge on any atom is 0.244 e. The number of nitrogens with zero attached hydrogens (tertiary/aromatic N) is 2. The van der Waals surface area contributed by atoms with Crippen LogP contribution >= 0.6 is 11.6 Å². The highest BCUT2D eigenvalue weighted by molar-refractivity contribution is 7.92. The predicted octanol–water partition coefficient (Wildman–Crippen LogP) is 3.75. The molecule has 0 fully saturated rings. The van der Waals surface area contributed by atoms with E-state index in [2.05, 4.69) is 5.32 Å². The van der Waals surface area contributed by atoms with Crippen LogP contribution in [0.2, 0.25) is 5.02 Å². The van der Waals surface area contributed by atoms with E-state index in [0.717, 1.165) is 28.1 Å². The van der Waals surface area contributed by atoms with Gasteiger partial charge in [0.15, 0.2) is 0 Å². The number of aryl methyl sites for hydroxylation is 1. The Bertz CT molecular complexity index is 1090. The molecule has 2 amide bonds. The summed E-state index contributed by atoms with van der Waals surface area (Å²) in [5, 5.41) is 3.26. The molecule has 0 spiro atoms. The van der Waals surface area contributed by atoms with Crippen LogP contribution in [-0.2, 0) is 26.2 Å². The predicted molar refractivity (Wildman–Crippen MR) is 133 cm³/mol. The number of nitrogens with one attached hydrogen (secondary N) is 1. The summed E-state index contributed by atoms with van der Waals surface area (Å²) in [4.78, 5) is 27.7. The summed E-state index contributed by atoms with van der Waals surface area (Å²) < 4.78 is 26.1. The van der Waals surface area contributed by atoms with E-state index in [1.807, 2.05) is 45.0 Å². The highest BCUT2D eigenvalue weighted by Crippen LogP contribution is 2.22. The van der Waals surface area contributed by atoms with E-state index in [1.54, 1.807) is 25.1 Å². The number of amides is 2. The van der Waals surface area contributed by atoms with E-state index >= 15 is 0 Å². The molecule has 0 aromatic heterocycles. The second-order valence-corrected chi connectivity index (χ2v) is 10.6. The van der Waals surface area contributed by atoms with Gasteiger partial charge in [0, 0.05) is 17.6 Å². The van der Waals surface area contributed by atoms with Crippen molar-refractivity contribution in [2.75, 3.05) is 17.1 Å². The van der Waals surface area contributed by atoms with Gasteiger partial charge in [-0.2, -0.15) is 0 Å². The summed E-state index contributed by atoms with van der Waals surface area (Å²) in [7, 11) is -3.79. The van der Waals surface area contributed by atoms with E-state index in [0.29, 0.717) is 5.02 Å². The van der Waals surface area contributed by atoms with Crippen molar-refractivity contribution in [1.29, 1.82) is 0 Å². The van der Waals surface area contributed by atoms with Crippen LogP contribution < -0.4 is 9.62 Å². The van der Waals surface area contributed by atoms with Crippen molar-refractivity contribution in [2.45, 2.75) is 52.7 Å². The number of carbonyl (C=O) groups excluding carboxylic acids is 2. The van der Waals surface area contributed by atoms with Crippen molar-refractivity contribution in [3.05, 3.63) is 64.7 Å². The first-order valence-corrected chi connectivity index (χ1v) is 13.0. The molecule has 33 heavy (non-hydrogen) atoms. The van der Waals surface area contributed by atoms with E-state index in [9.17, 15) is 18.0 Å². The Morgan fingerprint density at radius 2 is 1.76 bits per heavy atom. The van der Waals surface area contributed by atoms with Crippen LogP contribution in [0.25, 0.3) is 0 Å². The van der Waals surface area contributed by atoms with Crippen LogP contribution in [0.3, 0.4) is 0 Å². The Balaban J connectivity index is 2.38.